The van der Waals surface area contributed by atoms with Gasteiger partial charge in [0.1, 0.15) is 0 Å². The van der Waals surface area contributed by atoms with Crippen LogP contribution in [-0.4, -0.2) is 23.7 Å². The predicted octanol–water partition coefficient (Wildman–Crippen LogP) is 0.835. The Labute approximate surface area is 82.0 Å². The third-order valence-corrected chi connectivity index (χ3v) is 2.19. The number of nitrogen functional groups attached to an aromatic ring is 1. The number of hydrogen-bond donors (Lipinski definition) is 1. The summed E-state index contributed by atoms with van der Waals surface area (Å²) >= 11 is 0. The van der Waals surface area contributed by atoms with Crippen molar-refractivity contribution in [3.05, 3.63) is 29.8 Å². The maximum atomic E-state index is 11.2. The van der Waals surface area contributed by atoms with E-state index in [1.807, 2.05) is 12.1 Å². The first-order valence-electron chi connectivity index (χ1n) is 4.37. The topological polar surface area (TPSA) is 58.7 Å². The van der Waals surface area contributed by atoms with Crippen LogP contribution >= 0.6 is 0 Å². The van der Waals surface area contributed by atoms with Crippen molar-refractivity contribution < 1.29 is 4.79 Å². The van der Waals surface area contributed by atoms with Crippen LogP contribution in [0.3, 0.4) is 0 Å². The number of carbonyl (C=O) groups excluding carboxylic acids is 1. The van der Waals surface area contributed by atoms with E-state index < -0.39 is 0 Å². The minimum absolute atomic E-state index is 0.0248. The van der Waals surface area contributed by atoms with Crippen molar-refractivity contribution in [2.24, 2.45) is 5.10 Å². The number of amides is 1. The maximum absolute atomic E-state index is 11.2. The molecule has 1 aromatic carbocycles. The van der Waals surface area contributed by atoms with Gasteiger partial charge in [-0.1, -0.05) is 12.1 Å². The molecule has 0 spiro atoms. The van der Waals surface area contributed by atoms with Crippen LogP contribution in [0.1, 0.15) is 12.0 Å². The van der Waals surface area contributed by atoms with Crippen LogP contribution in [-0.2, 0) is 4.79 Å². The van der Waals surface area contributed by atoms with E-state index in [4.69, 9.17) is 5.73 Å². The van der Waals surface area contributed by atoms with Crippen LogP contribution in [0.2, 0.25) is 0 Å². The number of hydrazone groups is 1. The van der Waals surface area contributed by atoms with E-state index in [-0.39, 0.29) is 5.91 Å². The molecule has 0 bridgehead atoms. The second kappa shape index (κ2) is 3.14. The van der Waals surface area contributed by atoms with Crippen LogP contribution in [0.4, 0.5) is 5.69 Å². The van der Waals surface area contributed by atoms with Crippen molar-refractivity contribution >= 4 is 17.3 Å². The molecule has 2 N–H and O–H groups in total. The molecule has 2 rings (SSSR count). The molecule has 1 aliphatic rings. The molecule has 0 atom stereocenters. The maximum Gasteiger partial charge on any atom is 0.248 e. The van der Waals surface area contributed by atoms with E-state index in [2.05, 4.69) is 5.10 Å². The first-order chi connectivity index (χ1) is 6.66. The van der Waals surface area contributed by atoms with E-state index in [9.17, 15) is 4.79 Å². The highest BCUT2D eigenvalue weighted by molar-refractivity contribution is 6.13. The minimum atomic E-state index is 0.0248. The van der Waals surface area contributed by atoms with Gasteiger partial charge in [-0.3, -0.25) is 4.79 Å². The number of hydrogen-bond acceptors (Lipinski definition) is 3. The normalized spacial score (nSPS) is 15.9. The minimum Gasteiger partial charge on any atom is -0.399 e. The Hall–Kier alpha value is -1.84. The fourth-order valence-corrected chi connectivity index (χ4v) is 1.37. The summed E-state index contributed by atoms with van der Waals surface area (Å²) in [5.41, 5.74) is 8.04. The molecule has 1 aromatic rings. The lowest BCUT2D eigenvalue weighted by atomic mass is 10.1. The molecule has 0 saturated heterocycles. The molecule has 0 unspecified atom stereocenters. The molecule has 0 aliphatic carbocycles. The van der Waals surface area contributed by atoms with E-state index in [1.54, 1.807) is 19.2 Å². The van der Waals surface area contributed by atoms with Gasteiger partial charge in [-0.15, -0.1) is 0 Å². The number of nitrogens with two attached hydrogens (primary N) is 1. The number of rotatable bonds is 1. The zero-order valence-electron chi connectivity index (χ0n) is 7.90. The zero-order valence-corrected chi connectivity index (χ0v) is 7.90. The Bertz CT molecular complexity index is 394. The Morgan fingerprint density at radius 1 is 1.36 bits per heavy atom. The van der Waals surface area contributed by atoms with Crippen molar-refractivity contribution in [2.45, 2.75) is 6.42 Å². The van der Waals surface area contributed by atoms with Crippen molar-refractivity contribution in [1.29, 1.82) is 0 Å². The highest BCUT2D eigenvalue weighted by Gasteiger charge is 2.20. The van der Waals surface area contributed by atoms with E-state index in [0.29, 0.717) is 12.1 Å². The number of nitrogens with zero attached hydrogens (tertiary/aromatic N) is 2. The second-order valence-corrected chi connectivity index (χ2v) is 3.26. The van der Waals surface area contributed by atoms with Crippen molar-refractivity contribution in [1.82, 2.24) is 5.01 Å². The standard InChI is InChI=1S/C10H11N3O/c1-13-10(14)6-9(12-13)7-2-4-8(11)5-3-7/h2-5H,6,11H2,1H3. The molecule has 1 aliphatic heterocycles. The molecule has 0 fully saturated rings. The summed E-state index contributed by atoms with van der Waals surface area (Å²) in [6, 6.07) is 7.36. The molecule has 0 aromatic heterocycles. The lowest BCUT2D eigenvalue weighted by Gasteiger charge is -1.99. The molecule has 0 radical (unpaired) electrons. The fraction of sp³-hybridized carbons (Fsp3) is 0.200. The average Bonchev–Trinajstić information content (AvgIpc) is 2.48. The largest absolute Gasteiger partial charge is 0.399 e. The van der Waals surface area contributed by atoms with Gasteiger partial charge in [0, 0.05) is 12.7 Å². The van der Waals surface area contributed by atoms with Crippen molar-refractivity contribution in [3.63, 3.8) is 0 Å². The lowest BCUT2D eigenvalue weighted by Crippen LogP contribution is -2.14. The molecule has 72 valence electrons. The van der Waals surface area contributed by atoms with Crippen LogP contribution in [0.25, 0.3) is 0 Å². The Morgan fingerprint density at radius 3 is 2.50 bits per heavy atom. The van der Waals surface area contributed by atoms with Gasteiger partial charge in [0.15, 0.2) is 0 Å². The van der Waals surface area contributed by atoms with Gasteiger partial charge < -0.3 is 5.73 Å². The highest BCUT2D eigenvalue weighted by atomic mass is 16.2. The van der Waals surface area contributed by atoms with Crippen LogP contribution < -0.4 is 5.73 Å². The Balaban J connectivity index is 2.29. The smallest absolute Gasteiger partial charge is 0.248 e. The first-order valence-corrected chi connectivity index (χ1v) is 4.37. The van der Waals surface area contributed by atoms with Crippen molar-refractivity contribution in [2.75, 3.05) is 12.8 Å². The summed E-state index contributed by atoms with van der Waals surface area (Å²) in [6.45, 7) is 0. The van der Waals surface area contributed by atoms with E-state index in [1.165, 1.54) is 5.01 Å². The zero-order chi connectivity index (χ0) is 10.1. The van der Waals surface area contributed by atoms with Gasteiger partial charge in [0.25, 0.3) is 0 Å². The summed E-state index contributed by atoms with van der Waals surface area (Å²) in [5.74, 6) is 0.0248. The van der Waals surface area contributed by atoms with Gasteiger partial charge >= 0.3 is 0 Å². The molecule has 4 nitrogen and oxygen atoms in total. The molecule has 14 heavy (non-hydrogen) atoms. The molecular weight excluding hydrogens is 178 g/mol. The van der Waals surface area contributed by atoms with E-state index >= 15 is 0 Å². The molecular formula is C10H11N3O. The van der Waals surface area contributed by atoms with E-state index in [0.717, 1.165) is 11.3 Å². The third-order valence-electron chi connectivity index (χ3n) is 2.19. The molecule has 1 amide bonds. The summed E-state index contributed by atoms with van der Waals surface area (Å²) in [5, 5.41) is 5.50. The van der Waals surface area contributed by atoms with Crippen LogP contribution in [0.5, 0.6) is 0 Å². The van der Waals surface area contributed by atoms with Gasteiger partial charge in [-0.2, -0.15) is 5.10 Å². The second-order valence-electron chi connectivity index (χ2n) is 3.26. The first kappa shape index (κ1) is 8.74. The number of carbonyl (C=O) groups is 1. The van der Waals surface area contributed by atoms with Crippen molar-refractivity contribution in [3.8, 4) is 0 Å². The highest BCUT2D eigenvalue weighted by Crippen LogP contribution is 2.14. The summed E-state index contributed by atoms with van der Waals surface area (Å²) in [4.78, 5) is 11.2. The number of benzene rings is 1. The molecule has 1 heterocycles. The molecule has 0 saturated carbocycles. The lowest BCUT2D eigenvalue weighted by molar-refractivity contribution is -0.127. The SMILES string of the molecule is CN1N=C(c2ccc(N)cc2)CC1=O. The Kier molecular flexibility index (Phi) is 1.96. The third kappa shape index (κ3) is 1.46. The average molecular weight is 189 g/mol. The van der Waals surface area contributed by atoms with Crippen LogP contribution in [0, 0.1) is 0 Å². The fourth-order valence-electron chi connectivity index (χ4n) is 1.37. The van der Waals surface area contributed by atoms with Crippen LogP contribution in [0.15, 0.2) is 29.4 Å². The van der Waals surface area contributed by atoms with Gasteiger partial charge in [0.05, 0.1) is 12.1 Å². The monoisotopic (exact) mass is 189 g/mol. The van der Waals surface area contributed by atoms with Gasteiger partial charge in [-0.05, 0) is 17.7 Å². The summed E-state index contributed by atoms with van der Waals surface area (Å²) in [6.07, 6.45) is 0.375. The Morgan fingerprint density at radius 2 is 2.00 bits per heavy atom. The predicted molar refractivity (Wildman–Crippen MR) is 54.8 cm³/mol. The summed E-state index contributed by atoms with van der Waals surface area (Å²) in [7, 11) is 1.66. The number of anilines is 1. The van der Waals surface area contributed by atoms with Gasteiger partial charge in [0.2, 0.25) is 5.91 Å². The molecule has 4 heteroatoms. The quantitative estimate of drug-likeness (QED) is 0.665. The summed E-state index contributed by atoms with van der Waals surface area (Å²) < 4.78 is 0. The van der Waals surface area contributed by atoms with Gasteiger partial charge in [-0.25, -0.2) is 5.01 Å².